The van der Waals surface area contributed by atoms with Gasteiger partial charge < -0.3 is 9.30 Å². The van der Waals surface area contributed by atoms with E-state index in [2.05, 4.69) is 0 Å². The molecule has 0 saturated heterocycles. The number of esters is 1. The number of hydrogen-bond donors (Lipinski definition) is 0. The van der Waals surface area contributed by atoms with Gasteiger partial charge in [0.05, 0.1) is 5.92 Å². The van der Waals surface area contributed by atoms with E-state index in [1.165, 1.54) is 0 Å². The van der Waals surface area contributed by atoms with Gasteiger partial charge in [0.15, 0.2) is 6.61 Å². The third kappa shape index (κ3) is 3.04. The van der Waals surface area contributed by atoms with E-state index < -0.39 is 0 Å². The van der Waals surface area contributed by atoms with Gasteiger partial charge in [0.1, 0.15) is 5.78 Å². The largest absolute Gasteiger partial charge is 0.457 e. The van der Waals surface area contributed by atoms with Crippen LogP contribution in [0.5, 0.6) is 0 Å². The molecular weight excluding hydrogens is 306 g/mol. The summed E-state index contributed by atoms with van der Waals surface area (Å²) >= 11 is 0. The fourth-order valence-corrected chi connectivity index (χ4v) is 4.14. The van der Waals surface area contributed by atoms with Crippen LogP contribution in [0.3, 0.4) is 0 Å². The minimum absolute atomic E-state index is 0.0183. The summed E-state index contributed by atoms with van der Waals surface area (Å²) < 4.78 is 7.24. The number of carbonyl (C=O) groups is 3. The van der Waals surface area contributed by atoms with E-state index in [1.807, 2.05) is 31.5 Å². The molecule has 0 N–H and O–H groups in total. The zero-order chi connectivity index (χ0) is 17.4. The molecule has 24 heavy (non-hydrogen) atoms. The Hall–Kier alpha value is -1.91. The van der Waals surface area contributed by atoms with E-state index in [-0.39, 0.29) is 36.1 Å². The van der Waals surface area contributed by atoms with Crippen LogP contribution in [0.15, 0.2) is 6.07 Å². The minimum atomic E-state index is -0.321. The summed E-state index contributed by atoms with van der Waals surface area (Å²) in [6, 6.07) is 1.83. The predicted molar refractivity (Wildman–Crippen MR) is 88.7 cm³/mol. The molecule has 0 aromatic carbocycles. The van der Waals surface area contributed by atoms with E-state index in [0.29, 0.717) is 24.2 Å². The van der Waals surface area contributed by atoms with Gasteiger partial charge in [-0.1, -0.05) is 6.42 Å². The zero-order valence-corrected chi connectivity index (χ0v) is 14.6. The van der Waals surface area contributed by atoms with E-state index in [4.69, 9.17) is 4.74 Å². The Balaban J connectivity index is 1.58. The monoisotopic (exact) mass is 331 g/mol. The number of ether oxygens (including phenoxy) is 1. The minimum Gasteiger partial charge on any atom is -0.457 e. The quantitative estimate of drug-likeness (QED) is 0.628. The maximum Gasteiger partial charge on any atom is 0.309 e. The molecule has 2 unspecified atom stereocenters. The van der Waals surface area contributed by atoms with E-state index in [1.54, 1.807) is 0 Å². The molecule has 1 aromatic heterocycles. The van der Waals surface area contributed by atoms with Crippen molar-refractivity contribution in [2.75, 3.05) is 6.61 Å². The van der Waals surface area contributed by atoms with Gasteiger partial charge in [0, 0.05) is 35.8 Å². The molecule has 2 fully saturated rings. The summed E-state index contributed by atoms with van der Waals surface area (Å²) in [4.78, 5) is 36.7. The lowest BCUT2D eigenvalue weighted by atomic mass is 9.67. The van der Waals surface area contributed by atoms with Crippen molar-refractivity contribution in [1.29, 1.82) is 0 Å². The van der Waals surface area contributed by atoms with Crippen molar-refractivity contribution in [2.45, 2.75) is 46.0 Å². The smallest absolute Gasteiger partial charge is 0.309 e. The number of hydrogen-bond acceptors (Lipinski definition) is 4. The molecular formula is C19H25NO4. The molecule has 2 aliphatic carbocycles. The molecule has 5 heteroatoms. The molecule has 0 aliphatic heterocycles. The van der Waals surface area contributed by atoms with Gasteiger partial charge >= 0.3 is 5.97 Å². The number of carbonyl (C=O) groups excluding carboxylic acids is 3. The van der Waals surface area contributed by atoms with Gasteiger partial charge in [-0.25, -0.2) is 0 Å². The zero-order valence-electron chi connectivity index (χ0n) is 14.6. The molecule has 2 atom stereocenters. The number of aromatic nitrogens is 1. The van der Waals surface area contributed by atoms with Crippen LogP contribution >= 0.6 is 0 Å². The second kappa shape index (κ2) is 6.54. The molecule has 2 aliphatic rings. The van der Waals surface area contributed by atoms with Crippen LogP contribution in [0.4, 0.5) is 0 Å². The van der Waals surface area contributed by atoms with Crippen LogP contribution in [0.2, 0.25) is 0 Å². The van der Waals surface area contributed by atoms with E-state index in [9.17, 15) is 14.4 Å². The number of rotatable bonds is 4. The summed E-state index contributed by atoms with van der Waals surface area (Å²) in [6.07, 6.45) is 4.03. The Kier molecular flexibility index (Phi) is 4.61. The average molecular weight is 331 g/mol. The molecule has 0 radical (unpaired) electrons. The summed E-state index contributed by atoms with van der Waals surface area (Å²) in [5.41, 5.74) is 2.49. The van der Waals surface area contributed by atoms with Crippen LogP contribution in [-0.2, 0) is 21.4 Å². The number of fused-ring (bicyclic) bond motifs is 2. The molecule has 1 aromatic rings. The Labute approximate surface area is 142 Å². The van der Waals surface area contributed by atoms with Crippen molar-refractivity contribution in [3.63, 3.8) is 0 Å². The second-order valence-corrected chi connectivity index (χ2v) is 7.27. The third-order valence-corrected chi connectivity index (χ3v) is 5.80. The molecule has 0 spiro atoms. The highest BCUT2D eigenvalue weighted by Gasteiger charge is 2.41. The first-order valence-corrected chi connectivity index (χ1v) is 8.75. The van der Waals surface area contributed by atoms with E-state index >= 15 is 0 Å². The van der Waals surface area contributed by atoms with Crippen LogP contribution in [0.25, 0.3) is 0 Å². The summed E-state index contributed by atoms with van der Waals surface area (Å²) in [5.74, 6) is -0.356. The van der Waals surface area contributed by atoms with E-state index in [0.717, 1.165) is 30.7 Å². The van der Waals surface area contributed by atoms with Crippen molar-refractivity contribution in [1.82, 2.24) is 4.57 Å². The van der Waals surface area contributed by atoms with Gasteiger partial charge in [-0.2, -0.15) is 0 Å². The fourth-order valence-electron chi connectivity index (χ4n) is 4.14. The lowest BCUT2D eigenvalue weighted by Crippen LogP contribution is -2.39. The molecule has 0 amide bonds. The van der Waals surface area contributed by atoms with Gasteiger partial charge in [-0.3, -0.25) is 14.4 Å². The Morgan fingerprint density at radius 3 is 2.38 bits per heavy atom. The first kappa shape index (κ1) is 16.9. The van der Waals surface area contributed by atoms with Gasteiger partial charge in [-0.15, -0.1) is 0 Å². The maximum atomic E-state index is 12.3. The van der Waals surface area contributed by atoms with Crippen LogP contribution in [0, 0.1) is 31.6 Å². The normalized spacial score (nSPS) is 26.3. The summed E-state index contributed by atoms with van der Waals surface area (Å²) in [7, 11) is 1.91. The highest BCUT2D eigenvalue weighted by atomic mass is 16.5. The standard InChI is InChI=1S/C19H25NO4/c1-11-7-16(12(2)20(11)3)17(21)10-24-19(23)15-8-13-5-4-6-14(9-15)18(13)22/h7,13-15H,4-6,8-10H2,1-3H3. The van der Waals surface area contributed by atoms with Crippen molar-refractivity contribution in [2.24, 2.45) is 24.8 Å². The first-order valence-electron chi connectivity index (χ1n) is 8.75. The highest BCUT2D eigenvalue weighted by molar-refractivity contribution is 5.99. The van der Waals surface area contributed by atoms with Gasteiger partial charge in [-0.05, 0) is 45.6 Å². The maximum absolute atomic E-state index is 12.3. The molecule has 5 nitrogen and oxygen atoms in total. The number of aryl methyl sites for hydroxylation is 1. The molecule has 2 saturated carbocycles. The van der Waals surface area contributed by atoms with Crippen LogP contribution in [-0.4, -0.2) is 28.7 Å². The van der Waals surface area contributed by atoms with Crippen molar-refractivity contribution in [3.8, 4) is 0 Å². The Morgan fingerprint density at radius 2 is 1.83 bits per heavy atom. The molecule has 2 bridgehead atoms. The Bertz CT molecular complexity index is 672. The lowest BCUT2D eigenvalue weighted by Gasteiger charge is -2.36. The predicted octanol–water partition coefficient (Wildman–Crippen LogP) is 2.76. The van der Waals surface area contributed by atoms with Crippen molar-refractivity contribution >= 4 is 17.5 Å². The third-order valence-electron chi connectivity index (χ3n) is 5.80. The molecule has 1 heterocycles. The van der Waals surface area contributed by atoms with Crippen LogP contribution in [0.1, 0.15) is 53.8 Å². The van der Waals surface area contributed by atoms with Gasteiger partial charge in [0.25, 0.3) is 0 Å². The topological polar surface area (TPSA) is 65.4 Å². The second-order valence-electron chi connectivity index (χ2n) is 7.27. The van der Waals surface area contributed by atoms with Crippen molar-refractivity contribution in [3.05, 3.63) is 23.0 Å². The van der Waals surface area contributed by atoms with Gasteiger partial charge in [0.2, 0.25) is 5.78 Å². The first-order chi connectivity index (χ1) is 11.4. The highest BCUT2D eigenvalue weighted by Crippen LogP contribution is 2.40. The number of Topliss-reactive ketones (excluding diaryl/α,β-unsaturated/α-hetero) is 2. The molecule has 3 rings (SSSR count). The Morgan fingerprint density at radius 1 is 1.21 bits per heavy atom. The fraction of sp³-hybridized carbons (Fsp3) is 0.632. The SMILES string of the molecule is Cc1cc(C(=O)COC(=O)C2CC3CCCC(C2)C3=O)c(C)n1C. The van der Waals surface area contributed by atoms with Crippen LogP contribution < -0.4 is 0 Å². The summed E-state index contributed by atoms with van der Waals surface area (Å²) in [6.45, 7) is 3.60. The number of ketones is 2. The molecule has 130 valence electrons. The average Bonchev–Trinajstić information content (AvgIpc) is 2.79. The lowest BCUT2D eigenvalue weighted by molar-refractivity contribution is -0.152. The summed E-state index contributed by atoms with van der Waals surface area (Å²) in [5, 5.41) is 0. The van der Waals surface area contributed by atoms with Crippen molar-refractivity contribution < 1.29 is 19.1 Å². The number of nitrogens with zero attached hydrogens (tertiary/aromatic N) is 1.